The average molecular weight is 380 g/mol. The van der Waals surface area contributed by atoms with Crippen LogP contribution in [0.4, 0.5) is 15.8 Å². The number of hydrogen-bond acceptors (Lipinski definition) is 3. The number of hydrogen-bond donors (Lipinski definition) is 2. The van der Waals surface area contributed by atoms with E-state index in [-0.39, 0.29) is 18.2 Å². The lowest BCUT2D eigenvalue weighted by molar-refractivity contribution is -0.123. The van der Waals surface area contributed by atoms with Gasteiger partial charge in [0.1, 0.15) is 11.6 Å². The molecule has 1 aliphatic heterocycles. The molecule has 28 heavy (non-hydrogen) atoms. The Labute approximate surface area is 161 Å². The molecule has 0 saturated carbocycles. The zero-order valence-corrected chi connectivity index (χ0v) is 15.8. The molecule has 2 aromatic carbocycles. The molecule has 4 rings (SSSR count). The number of aryl methyl sites for hydroxylation is 2. The van der Waals surface area contributed by atoms with Crippen LogP contribution in [0.1, 0.15) is 37.1 Å². The Morgan fingerprint density at radius 2 is 2.14 bits per heavy atom. The van der Waals surface area contributed by atoms with Gasteiger partial charge >= 0.3 is 0 Å². The first-order chi connectivity index (χ1) is 13.5. The van der Waals surface area contributed by atoms with Gasteiger partial charge < -0.3 is 15.2 Å². The van der Waals surface area contributed by atoms with Crippen molar-refractivity contribution in [2.75, 3.05) is 10.6 Å². The molecule has 2 N–H and O–H groups in total. The Balaban J connectivity index is 1.62. The van der Waals surface area contributed by atoms with Crippen molar-refractivity contribution in [3.05, 3.63) is 53.6 Å². The van der Waals surface area contributed by atoms with E-state index in [2.05, 4.69) is 27.1 Å². The zero-order chi connectivity index (χ0) is 19.8. The van der Waals surface area contributed by atoms with Crippen molar-refractivity contribution in [1.82, 2.24) is 9.55 Å². The minimum Gasteiger partial charge on any atom is -0.328 e. The van der Waals surface area contributed by atoms with Crippen LogP contribution in [0.3, 0.4) is 0 Å². The second-order valence-electron chi connectivity index (χ2n) is 7.04. The summed E-state index contributed by atoms with van der Waals surface area (Å²) in [5, 5.41) is 5.54. The number of anilines is 2. The fourth-order valence-corrected chi connectivity index (χ4v) is 3.73. The number of aromatic nitrogens is 2. The van der Waals surface area contributed by atoms with Crippen molar-refractivity contribution in [3.63, 3.8) is 0 Å². The van der Waals surface area contributed by atoms with Crippen LogP contribution in [0.25, 0.3) is 11.0 Å². The first-order valence-electron chi connectivity index (χ1n) is 9.33. The van der Waals surface area contributed by atoms with Gasteiger partial charge in [-0.05, 0) is 55.3 Å². The van der Waals surface area contributed by atoms with E-state index in [0.29, 0.717) is 16.9 Å². The molecule has 0 bridgehead atoms. The van der Waals surface area contributed by atoms with Gasteiger partial charge in [0.25, 0.3) is 0 Å². The molecular formula is C21H21FN4O2. The SMILES string of the molecule is CCCn1c(C)nc2cc(NC(=O)C3CC(=O)Nc4ccc(F)cc43)ccc21. The Hall–Kier alpha value is -3.22. The van der Waals surface area contributed by atoms with E-state index >= 15 is 0 Å². The molecule has 144 valence electrons. The quantitative estimate of drug-likeness (QED) is 0.719. The topological polar surface area (TPSA) is 76.0 Å². The third kappa shape index (κ3) is 3.24. The molecule has 6 nitrogen and oxygen atoms in total. The molecular weight excluding hydrogens is 359 g/mol. The first kappa shape index (κ1) is 18.2. The second kappa shape index (κ2) is 7.07. The van der Waals surface area contributed by atoms with Crippen molar-refractivity contribution in [2.45, 2.75) is 39.2 Å². The number of benzene rings is 2. The molecule has 1 aliphatic rings. The number of fused-ring (bicyclic) bond motifs is 2. The molecule has 2 amide bonds. The Kier molecular flexibility index (Phi) is 4.58. The molecule has 0 radical (unpaired) electrons. The number of amides is 2. The van der Waals surface area contributed by atoms with E-state index in [1.54, 1.807) is 0 Å². The summed E-state index contributed by atoms with van der Waals surface area (Å²) in [4.78, 5) is 29.4. The van der Waals surface area contributed by atoms with Gasteiger partial charge in [-0.3, -0.25) is 9.59 Å². The Morgan fingerprint density at radius 1 is 1.32 bits per heavy atom. The third-order valence-corrected chi connectivity index (χ3v) is 5.02. The normalized spacial score (nSPS) is 16.0. The van der Waals surface area contributed by atoms with Crippen molar-refractivity contribution in [2.24, 2.45) is 0 Å². The third-order valence-electron chi connectivity index (χ3n) is 5.02. The highest BCUT2D eigenvalue weighted by Gasteiger charge is 2.31. The Bertz CT molecular complexity index is 1090. The van der Waals surface area contributed by atoms with Gasteiger partial charge in [-0.15, -0.1) is 0 Å². The number of carbonyl (C=O) groups excluding carboxylic acids is 2. The molecule has 0 aliphatic carbocycles. The van der Waals surface area contributed by atoms with Crippen LogP contribution in [-0.4, -0.2) is 21.4 Å². The average Bonchev–Trinajstić information content (AvgIpc) is 2.96. The fourth-order valence-electron chi connectivity index (χ4n) is 3.73. The second-order valence-corrected chi connectivity index (χ2v) is 7.04. The molecule has 2 heterocycles. The largest absolute Gasteiger partial charge is 0.328 e. The van der Waals surface area contributed by atoms with Gasteiger partial charge in [0.15, 0.2) is 0 Å². The maximum Gasteiger partial charge on any atom is 0.232 e. The highest BCUT2D eigenvalue weighted by atomic mass is 19.1. The molecule has 7 heteroatoms. The number of nitrogens with zero attached hydrogens (tertiary/aromatic N) is 2. The maximum atomic E-state index is 13.7. The van der Waals surface area contributed by atoms with Crippen LogP contribution < -0.4 is 10.6 Å². The van der Waals surface area contributed by atoms with Crippen molar-refractivity contribution >= 4 is 34.2 Å². The van der Waals surface area contributed by atoms with Crippen LogP contribution in [0.15, 0.2) is 36.4 Å². The Morgan fingerprint density at radius 3 is 2.93 bits per heavy atom. The predicted octanol–water partition coefficient (Wildman–Crippen LogP) is 3.96. The smallest absolute Gasteiger partial charge is 0.232 e. The number of carbonyl (C=O) groups is 2. The highest BCUT2D eigenvalue weighted by molar-refractivity contribution is 6.05. The predicted molar refractivity (Wildman–Crippen MR) is 106 cm³/mol. The summed E-state index contributed by atoms with van der Waals surface area (Å²) in [5.74, 6) is -0.858. The summed E-state index contributed by atoms with van der Waals surface area (Å²) in [5.41, 5.74) is 3.38. The minimum absolute atomic E-state index is 0.0191. The number of halogens is 1. The number of imidazole rings is 1. The highest BCUT2D eigenvalue weighted by Crippen LogP contribution is 2.34. The van der Waals surface area contributed by atoms with Gasteiger partial charge in [0, 0.05) is 24.3 Å². The molecule has 1 atom stereocenters. The number of rotatable bonds is 4. The summed E-state index contributed by atoms with van der Waals surface area (Å²) >= 11 is 0. The summed E-state index contributed by atoms with van der Waals surface area (Å²) in [6.07, 6.45) is 0.985. The molecule has 3 aromatic rings. The van der Waals surface area contributed by atoms with Crippen LogP contribution in [0.2, 0.25) is 0 Å². The molecule has 1 aromatic heterocycles. The van der Waals surface area contributed by atoms with Crippen LogP contribution in [0, 0.1) is 12.7 Å². The standard InChI is InChI=1S/C21H21FN4O2/c1-3-8-26-12(2)23-18-10-14(5-7-19(18)26)24-21(28)16-11-20(27)25-17-6-4-13(22)9-15(16)17/h4-7,9-10,16H,3,8,11H2,1-2H3,(H,24,28)(H,25,27). The van der Waals surface area contributed by atoms with Crippen LogP contribution in [-0.2, 0) is 16.1 Å². The molecule has 0 spiro atoms. The van der Waals surface area contributed by atoms with Gasteiger partial charge in [-0.1, -0.05) is 6.92 Å². The van der Waals surface area contributed by atoms with Gasteiger partial charge in [-0.2, -0.15) is 0 Å². The molecule has 1 unspecified atom stereocenters. The van der Waals surface area contributed by atoms with Crippen molar-refractivity contribution in [3.8, 4) is 0 Å². The lowest BCUT2D eigenvalue weighted by atomic mass is 9.89. The van der Waals surface area contributed by atoms with Gasteiger partial charge in [0.05, 0.1) is 17.0 Å². The van der Waals surface area contributed by atoms with E-state index in [0.717, 1.165) is 29.8 Å². The first-order valence-corrected chi connectivity index (χ1v) is 9.33. The summed E-state index contributed by atoms with van der Waals surface area (Å²) < 4.78 is 15.8. The lowest BCUT2D eigenvalue weighted by Gasteiger charge is -2.24. The van der Waals surface area contributed by atoms with E-state index in [1.807, 2.05) is 25.1 Å². The van der Waals surface area contributed by atoms with Crippen LogP contribution >= 0.6 is 0 Å². The minimum atomic E-state index is -0.741. The van der Waals surface area contributed by atoms with Crippen LogP contribution in [0.5, 0.6) is 0 Å². The molecule has 0 fully saturated rings. The maximum absolute atomic E-state index is 13.7. The summed E-state index contributed by atoms with van der Waals surface area (Å²) in [6, 6.07) is 9.63. The van der Waals surface area contributed by atoms with Crippen molar-refractivity contribution < 1.29 is 14.0 Å². The summed E-state index contributed by atoms with van der Waals surface area (Å²) in [7, 11) is 0. The van der Waals surface area contributed by atoms with E-state index in [1.165, 1.54) is 18.2 Å². The summed E-state index contributed by atoms with van der Waals surface area (Å²) in [6.45, 7) is 4.95. The van der Waals surface area contributed by atoms with Gasteiger partial charge in [0.2, 0.25) is 11.8 Å². The van der Waals surface area contributed by atoms with E-state index < -0.39 is 11.7 Å². The molecule has 0 saturated heterocycles. The van der Waals surface area contributed by atoms with Crippen molar-refractivity contribution in [1.29, 1.82) is 0 Å². The lowest BCUT2D eigenvalue weighted by Crippen LogP contribution is -2.30. The van der Waals surface area contributed by atoms with Gasteiger partial charge in [-0.25, -0.2) is 9.37 Å². The zero-order valence-electron chi connectivity index (χ0n) is 15.8. The fraction of sp³-hybridized carbons (Fsp3) is 0.286. The van der Waals surface area contributed by atoms with E-state index in [9.17, 15) is 14.0 Å². The number of nitrogens with one attached hydrogen (secondary N) is 2. The van der Waals surface area contributed by atoms with E-state index in [4.69, 9.17) is 0 Å². The monoisotopic (exact) mass is 380 g/mol.